The van der Waals surface area contributed by atoms with E-state index in [9.17, 15) is 4.79 Å². The van der Waals surface area contributed by atoms with Crippen LogP contribution in [0.3, 0.4) is 0 Å². The van der Waals surface area contributed by atoms with E-state index in [2.05, 4.69) is 10.3 Å². The fraction of sp³-hybridized carbons (Fsp3) is 0.0909. The molecule has 2 rings (SSSR count). The molecule has 0 spiro atoms. The molecule has 0 saturated heterocycles. The van der Waals surface area contributed by atoms with Crippen LogP contribution in [0.1, 0.15) is 5.69 Å². The molecule has 1 heterocycles. The van der Waals surface area contributed by atoms with E-state index in [0.717, 1.165) is 11.4 Å². The number of anilines is 1. The molecule has 16 heavy (non-hydrogen) atoms. The minimum absolute atomic E-state index is 0.0757. The van der Waals surface area contributed by atoms with Crippen LogP contribution in [-0.4, -0.2) is 10.9 Å². The van der Waals surface area contributed by atoms with Crippen LogP contribution in [0.25, 0.3) is 0 Å². The smallest absolute Gasteiger partial charge is 0.230 e. The molecular formula is C11H9ClN2OS. The number of hydrogen-bond donors (Lipinski definition) is 1. The van der Waals surface area contributed by atoms with Crippen molar-refractivity contribution in [2.45, 2.75) is 6.42 Å². The zero-order valence-corrected chi connectivity index (χ0v) is 9.89. The van der Waals surface area contributed by atoms with Gasteiger partial charge in [0.1, 0.15) is 0 Å². The fourth-order valence-electron chi connectivity index (χ4n) is 1.23. The van der Waals surface area contributed by atoms with Gasteiger partial charge in [-0.05, 0) is 24.3 Å². The Kier molecular flexibility index (Phi) is 3.54. The molecule has 0 saturated carbocycles. The SMILES string of the molecule is O=C(Cc1cscn1)Nc1ccc(Cl)cc1. The van der Waals surface area contributed by atoms with Gasteiger partial charge in [0.2, 0.25) is 5.91 Å². The molecule has 1 aromatic carbocycles. The van der Waals surface area contributed by atoms with Crippen molar-refractivity contribution in [3.05, 3.63) is 45.9 Å². The second-order valence-corrected chi connectivity index (χ2v) is 4.37. The molecule has 1 aromatic heterocycles. The summed E-state index contributed by atoms with van der Waals surface area (Å²) < 4.78 is 0. The Morgan fingerprint density at radius 2 is 2.12 bits per heavy atom. The fourth-order valence-corrected chi connectivity index (χ4v) is 1.91. The van der Waals surface area contributed by atoms with Crippen molar-refractivity contribution in [1.29, 1.82) is 0 Å². The van der Waals surface area contributed by atoms with E-state index >= 15 is 0 Å². The van der Waals surface area contributed by atoms with Crippen molar-refractivity contribution in [3.8, 4) is 0 Å². The molecular weight excluding hydrogens is 244 g/mol. The molecule has 1 N–H and O–H groups in total. The van der Waals surface area contributed by atoms with Crippen molar-refractivity contribution >= 4 is 34.5 Å². The van der Waals surface area contributed by atoms with Crippen molar-refractivity contribution in [2.24, 2.45) is 0 Å². The summed E-state index contributed by atoms with van der Waals surface area (Å²) in [6.45, 7) is 0. The number of nitrogens with zero attached hydrogens (tertiary/aromatic N) is 1. The minimum Gasteiger partial charge on any atom is -0.326 e. The van der Waals surface area contributed by atoms with E-state index in [1.54, 1.807) is 29.8 Å². The zero-order chi connectivity index (χ0) is 11.4. The van der Waals surface area contributed by atoms with Gasteiger partial charge in [-0.1, -0.05) is 11.6 Å². The summed E-state index contributed by atoms with van der Waals surface area (Å²) in [4.78, 5) is 15.6. The van der Waals surface area contributed by atoms with Gasteiger partial charge in [0.15, 0.2) is 0 Å². The van der Waals surface area contributed by atoms with E-state index in [0.29, 0.717) is 11.4 Å². The van der Waals surface area contributed by atoms with Gasteiger partial charge in [-0.2, -0.15) is 0 Å². The summed E-state index contributed by atoms with van der Waals surface area (Å²) in [5, 5.41) is 5.29. The van der Waals surface area contributed by atoms with Crippen LogP contribution in [0.2, 0.25) is 5.02 Å². The molecule has 0 fully saturated rings. The standard InChI is InChI=1S/C11H9ClN2OS/c12-8-1-3-9(4-2-8)14-11(15)5-10-6-16-7-13-10/h1-4,6-7H,5H2,(H,14,15). The number of amides is 1. The highest BCUT2D eigenvalue weighted by Crippen LogP contribution is 2.13. The highest BCUT2D eigenvalue weighted by atomic mass is 35.5. The van der Waals surface area contributed by atoms with Crippen molar-refractivity contribution in [2.75, 3.05) is 5.32 Å². The summed E-state index contributed by atoms with van der Waals surface area (Å²) in [6.07, 6.45) is 0.298. The highest BCUT2D eigenvalue weighted by Gasteiger charge is 2.05. The first kappa shape index (κ1) is 11.1. The number of halogens is 1. The van der Waals surface area contributed by atoms with E-state index < -0.39 is 0 Å². The third-order valence-corrected chi connectivity index (χ3v) is 2.84. The first-order valence-corrected chi connectivity index (χ1v) is 5.98. The third-order valence-electron chi connectivity index (χ3n) is 1.95. The molecule has 0 radical (unpaired) electrons. The third kappa shape index (κ3) is 3.05. The Hall–Kier alpha value is -1.39. The molecule has 3 nitrogen and oxygen atoms in total. The van der Waals surface area contributed by atoms with E-state index in [1.165, 1.54) is 11.3 Å². The van der Waals surface area contributed by atoms with Crippen molar-refractivity contribution in [1.82, 2.24) is 4.98 Å². The number of carbonyl (C=O) groups excluding carboxylic acids is 1. The summed E-state index contributed by atoms with van der Waals surface area (Å²) >= 11 is 7.22. The number of rotatable bonds is 3. The number of benzene rings is 1. The molecule has 82 valence electrons. The van der Waals surface area contributed by atoms with Crippen LogP contribution in [0.4, 0.5) is 5.69 Å². The van der Waals surface area contributed by atoms with Crippen molar-refractivity contribution < 1.29 is 4.79 Å². The van der Waals surface area contributed by atoms with Gasteiger partial charge in [-0.3, -0.25) is 4.79 Å². The van der Waals surface area contributed by atoms with Crippen LogP contribution in [0.15, 0.2) is 35.2 Å². The van der Waals surface area contributed by atoms with Gasteiger partial charge in [0, 0.05) is 16.1 Å². The maximum atomic E-state index is 11.6. The number of aromatic nitrogens is 1. The normalized spacial score (nSPS) is 10.1. The van der Waals surface area contributed by atoms with Gasteiger partial charge in [-0.25, -0.2) is 4.98 Å². The molecule has 5 heteroatoms. The zero-order valence-electron chi connectivity index (χ0n) is 8.31. The lowest BCUT2D eigenvalue weighted by Crippen LogP contribution is -2.14. The van der Waals surface area contributed by atoms with Gasteiger partial charge < -0.3 is 5.32 Å². The molecule has 0 unspecified atom stereocenters. The Morgan fingerprint density at radius 1 is 1.38 bits per heavy atom. The lowest BCUT2D eigenvalue weighted by Gasteiger charge is -2.03. The Labute approximate surface area is 102 Å². The lowest BCUT2D eigenvalue weighted by atomic mass is 10.3. The predicted molar refractivity (Wildman–Crippen MR) is 65.9 cm³/mol. The topological polar surface area (TPSA) is 42.0 Å². The molecule has 0 bridgehead atoms. The van der Waals surface area contributed by atoms with Gasteiger partial charge >= 0.3 is 0 Å². The summed E-state index contributed by atoms with van der Waals surface area (Å²) in [5.74, 6) is -0.0757. The van der Waals surface area contributed by atoms with E-state index in [1.807, 2.05) is 5.38 Å². The number of hydrogen-bond acceptors (Lipinski definition) is 3. The Bertz CT molecular complexity index is 467. The minimum atomic E-state index is -0.0757. The summed E-state index contributed by atoms with van der Waals surface area (Å²) in [6, 6.07) is 7.00. The molecule has 0 aliphatic carbocycles. The summed E-state index contributed by atoms with van der Waals surface area (Å²) in [5.41, 5.74) is 3.24. The van der Waals surface area contributed by atoms with Crippen LogP contribution in [-0.2, 0) is 11.2 Å². The number of thiazole rings is 1. The lowest BCUT2D eigenvalue weighted by molar-refractivity contribution is -0.115. The quantitative estimate of drug-likeness (QED) is 0.913. The van der Waals surface area contributed by atoms with Gasteiger partial charge in [0.05, 0.1) is 17.6 Å². The first-order valence-electron chi connectivity index (χ1n) is 4.66. The maximum absolute atomic E-state index is 11.6. The van der Waals surface area contributed by atoms with E-state index in [-0.39, 0.29) is 5.91 Å². The molecule has 0 atom stereocenters. The first-order chi connectivity index (χ1) is 7.74. The van der Waals surface area contributed by atoms with E-state index in [4.69, 9.17) is 11.6 Å². The van der Waals surface area contributed by atoms with Gasteiger partial charge in [0.25, 0.3) is 0 Å². The average molecular weight is 253 g/mol. The van der Waals surface area contributed by atoms with Crippen LogP contribution >= 0.6 is 22.9 Å². The largest absolute Gasteiger partial charge is 0.326 e. The molecule has 2 aromatic rings. The van der Waals surface area contributed by atoms with Gasteiger partial charge in [-0.15, -0.1) is 11.3 Å². The second kappa shape index (κ2) is 5.09. The molecule has 1 amide bonds. The average Bonchev–Trinajstić information content (AvgIpc) is 2.74. The second-order valence-electron chi connectivity index (χ2n) is 3.21. The monoisotopic (exact) mass is 252 g/mol. The number of carbonyl (C=O) groups is 1. The Morgan fingerprint density at radius 3 is 2.75 bits per heavy atom. The van der Waals surface area contributed by atoms with Crippen LogP contribution in [0.5, 0.6) is 0 Å². The van der Waals surface area contributed by atoms with Crippen molar-refractivity contribution in [3.63, 3.8) is 0 Å². The molecule has 0 aliphatic heterocycles. The highest BCUT2D eigenvalue weighted by molar-refractivity contribution is 7.07. The Balaban J connectivity index is 1.95. The predicted octanol–water partition coefficient (Wildman–Crippen LogP) is 2.98. The number of nitrogens with one attached hydrogen (secondary N) is 1. The van der Waals surface area contributed by atoms with Crippen LogP contribution in [0, 0.1) is 0 Å². The summed E-state index contributed by atoms with van der Waals surface area (Å²) in [7, 11) is 0. The molecule has 0 aliphatic rings. The maximum Gasteiger partial charge on any atom is 0.230 e. The van der Waals surface area contributed by atoms with Crippen LogP contribution < -0.4 is 5.32 Å².